The largest absolute Gasteiger partial charge is 0.497 e. The van der Waals surface area contributed by atoms with Gasteiger partial charge in [-0.3, -0.25) is 4.79 Å². The fourth-order valence-corrected chi connectivity index (χ4v) is 2.85. The summed E-state index contributed by atoms with van der Waals surface area (Å²) in [7, 11) is 1.62. The fourth-order valence-electron chi connectivity index (χ4n) is 1.52. The zero-order valence-corrected chi connectivity index (χ0v) is 9.91. The van der Waals surface area contributed by atoms with Gasteiger partial charge in [-0.25, -0.2) is 0 Å². The topological polar surface area (TPSA) is 26.3 Å². The summed E-state index contributed by atoms with van der Waals surface area (Å²) in [5.41, 5.74) is 0.942. The van der Waals surface area contributed by atoms with E-state index in [2.05, 4.69) is 0 Å². The van der Waals surface area contributed by atoms with Gasteiger partial charge in [-0.2, -0.15) is 0 Å². The van der Waals surface area contributed by atoms with Crippen molar-refractivity contribution >= 4 is 38.3 Å². The van der Waals surface area contributed by atoms with Gasteiger partial charge in [-0.1, -0.05) is 0 Å². The van der Waals surface area contributed by atoms with Gasteiger partial charge in [0.2, 0.25) is 0 Å². The minimum absolute atomic E-state index is 0.396. The third-order valence-corrected chi connectivity index (χ3v) is 3.88. The van der Waals surface area contributed by atoms with Gasteiger partial charge in [0, 0.05) is 4.70 Å². The molecule has 1 aromatic heterocycles. The number of carbonyl (C=O) groups is 1. The van der Waals surface area contributed by atoms with Crippen molar-refractivity contribution in [1.82, 2.24) is 0 Å². The monoisotopic (exact) mass is 240 g/mol. The molecule has 0 atom stereocenters. The molecule has 0 unspecified atom stereocenters. The quantitative estimate of drug-likeness (QED) is 0.750. The van der Waals surface area contributed by atoms with Crippen molar-refractivity contribution in [3.05, 3.63) is 28.6 Å². The number of rotatable bonds is 2. The average Bonchev–Trinajstić information content (AvgIpc) is 2.55. The molecule has 2 nitrogen and oxygen atoms in total. The first kappa shape index (κ1) is 10.5. The zero-order valence-electron chi connectivity index (χ0n) is 8.33. The summed E-state index contributed by atoms with van der Waals surface area (Å²) < 4.78 is 6.14. The second kappa shape index (κ2) is 3.83. The Morgan fingerprint density at radius 3 is 2.80 bits per heavy atom. The van der Waals surface area contributed by atoms with Gasteiger partial charge in [0.15, 0.2) is 0 Å². The van der Waals surface area contributed by atoms with E-state index < -0.39 is 5.24 Å². The first-order valence-electron chi connectivity index (χ1n) is 4.40. The molecular weight excluding hydrogens is 232 g/mol. The van der Waals surface area contributed by atoms with Gasteiger partial charge < -0.3 is 4.74 Å². The Morgan fingerprint density at radius 1 is 1.47 bits per heavy atom. The number of thiophene rings is 1. The minimum Gasteiger partial charge on any atom is -0.497 e. The van der Waals surface area contributed by atoms with Crippen molar-refractivity contribution in [2.24, 2.45) is 0 Å². The van der Waals surface area contributed by atoms with E-state index in [9.17, 15) is 4.79 Å². The van der Waals surface area contributed by atoms with E-state index in [0.717, 1.165) is 21.4 Å². The van der Waals surface area contributed by atoms with Crippen LogP contribution in [0, 0.1) is 6.92 Å². The number of methoxy groups -OCH3 is 1. The van der Waals surface area contributed by atoms with Crippen LogP contribution in [0.1, 0.15) is 15.2 Å². The number of fused-ring (bicyclic) bond motifs is 1. The Kier molecular flexibility index (Phi) is 2.67. The van der Waals surface area contributed by atoms with Crippen LogP contribution < -0.4 is 4.74 Å². The number of carbonyl (C=O) groups excluding carboxylic acids is 1. The van der Waals surface area contributed by atoms with Crippen LogP contribution in [-0.2, 0) is 0 Å². The number of ether oxygens (including phenoxy) is 1. The highest BCUT2D eigenvalue weighted by molar-refractivity contribution is 7.22. The molecule has 2 aromatic rings. The smallest absolute Gasteiger partial charge is 0.262 e. The van der Waals surface area contributed by atoms with Crippen molar-refractivity contribution in [2.45, 2.75) is 6.92 Å². The van der Waals surface area contributed by atoms with E-state index in [-0.39, 0.29) is 0 Å². The van der Waals surface area contributed by atoms with Crippen LogP contribution in [0.25, 0.3) is 10.1 Å². The van der Waals surface area contributed by atoms with Gasteiger partial charge in [0.05, 0.1) is 12.0 Å². The molecule has 0 aliphatic rings. The van der Waals surface area contributed by atoms with Gasteiger partial charge in [0.1, 0.15) is 5.75 Å². The predicted octanol–water partition coefficient (Wildman–Crippen LogP) is 3.60. The minimum atomic E-state index is -0.396. The Balaban J connectivity index is 2.70. The SMILES string of the molecule is COc1ccc2c(C)c(C(=O)Cl)sc2c1. The van der Waals surface area contributed by atoms with Crippen LogP contribution >= 0.6 is 22.9 Å². The summed E-state index contributed by atoms with van der Waals surface area (Å²) in [5.74, 6) is 0.789. The van der Waals surface area contributed by atoms with Crippen LogP contribution in [0.15, 0.2) is 18.2 Å². The average molecular weight is 241 g/mol. The molecule has 0 aliphatic carbocycles. The van der Waals surface area contributed by atoms with Crippen molar-refractivity contribution in [2.75, 3.05) is 7.11 Å². The molecular formula is C11H9ClO2S. The highest BCUT2D eigenvalue weighted by atomic mass is 35.5. The Hall–Kier alpha value is -1.06. The van der Waals surface area contributed by atoms with Crippen LogP contribution in [0.2, 0.25) is 0 Å². The summed E-state index contributed by atoms with van der Waals surface area (Å²) in [6.07, 6.45) is 0. The molecule has 0 N–H and O–H groups in total. The number of hydrogen-bond acceptors (Lipinski definition) is 3. The van der Waals surface area contributed by atoms with Crippen molar-refractivity contribution in [3.63, 3.8) is 0 Å². The molecule has 1 heterocycles. The first-order chi connectivity index (χ1) is 7.13. The molecule has 2 rings (SSSR count). The summed E-state index contributed by atoms with van der Waals surface area (Å²) in [6.45, 7) is 1.90. The number of hydrogen-bond donors (Lipinski definition) is 0. The highest BCUT2D eigenvalue weighted by Gasteiger charge is 2.13. The predicted molar refractivity (Wildman–Crippen MR) is 63.3 cm³/mol. The van der Waals surface area contributed by atoms with Gasteiger partial charge >= 0.3 is 0 Å². The summed E-state index contributed by atoms with van der Waals surface area (Å²) >= 11 is 6.89. The Bertz CT molecular complexity index is 531. The summed E-state index contributed by atoms with van der Waals surface area (Å²) in [6, 6.07) is 5.74. The molecule has 15 heavy (non-hydrogen) atoms. The van der Waals surface area contributed by atoms with E-state index in [4.69, 9.17) is 16.3 Å². The van der Waals surface area contributed by atoms with E-state index in [0.29, 0.717) is 4.88 Å². The molecule has 1 aromatic carbocycles. The molecule has 0 spiro atoms. The van der Waals surface area contributed by atoms with Crippen molar-refractivity contribution in [3.8, 4) is 5.75 Å². The van der Waals surface area contributed by atoms with E-state index in [1.165, 1.54) is 11.3 Å². The summed E-state index contributed by atoms with van der Waals surface area (Å²) in [4.78, 5) is 11.7. The van der Waals surface area contributed by atoms with Gasteiger partial charge in [0.25, 0.3) is 5.24 Å². The lowest BCUT2D eigenvalue weighted by atomic mass is 10.1. The lowest BCUT2D eigenvalue weighted by Crippen LogP contribution is -1.85. The second-order valence-electron chi connectivity index (χ2n) is 3.19. The maximum absolute atomic E-state index is 11.1. The van der Waals surface area contributed by atoms with Crippen LogP contribution in [0.5, 0.6) is 5.75 Å². The lowest BCUT2D eigenvalue weighted by Gasteiger charge is -1.98. The Labute approximate surface area is 96.4 Å². The maximum atomic E-state index is 11.1. The molecule has 0 amide bonds. The first-order valence-corrected chi connectivity index (χ1v) is 5.60. The van der Waals surface area contributed by atoms with Crippen molar-refractivity contribution in [1.29, 1.82) is 0 Å². The van der Waals surface area contributed by atoms with Gasteiger partial charge in [-0.15, -0.1) is 11.3 Å². The second-order valence-corrected chi connectivity index (χ2v) is 4.59. The van der Waals surface area contributed by atoms with Crippen molar-refractivity contribution < 1.29 is 9.53 Å². The standard InChI is InChI=1S/C11H9ClO2S/c1-6-8-4-3-7(14-2)5-9(8)15-10(6)11(12)13/h3-5H,1-2H3. The molecule has 78 valence electrons. The maximum Gasteiger partial charge on any atom is 0.262 e. The summed E-state index contributed by atoms with van der Waals surface area (Å²) in [5, 5.41) is 0.664. The normalized spacial score (nSPS) is 10.6. The van der Waals surface area contributed by atoms with Crippen LogP contribution in [-0.4, -0.2) is 12.4 Å². The molecule has 0 bridgehead atoms. The third-order valence-electron chi connectivity index (χ3n) is 2.32. The fraction of sp³-hybridized carbons (Fsp3) is 0.182. The molecule has 0 fully saturated rings. The van der Waals surface area contributed by atoms with Gasteiger partial charge in [-0.05, 0) is 47.7 Å². The zero-order chi connectivity index (χ0) is 11.0. The molecule has 0 aliphatic heterocycles. The molecule has 4 heteroatoms. The third kappa shape index (κ3) is 1.73. The number of benzene rings is 1. The molecule has 0 saturated carbocycles. The highest BCUT2D eigenvalue weighted by Crippen LogP contribution is 2.33. The molecule has 0 saturated heterocycles. The number of aryl methyl sites for hydroxylation is 1. The Morgan fingerprint density at radius 2 is 2.20 bits per heavy atom. The van der Waals surface area contributed by atoms with E-state index in [1.807, 2.05) is 25.1 Å². The lowest BCUT2D eigenvalue weighted by molar-refractivity contribution is 0.108. The van der Waals surface area contributed by atoms with Crippen LogP contribution in [0.3, 0.4) is 0 Å². The number of halogens is 1. The van der Waals surface area contributed by atoms with Crippen LogP contribution in [0.4, 0.5) is 0 Å². The molecule has 0 radical (unpaired) electrons. The van der Waals surface area contributed by atoms with E-state index in [1.54, 1.807) is 7.11 Å². The van der Waals surface area contributed by atoms with E-state index >= 15 is 0 Å².